The summed E-state index contributed by atoms with van der Waals surface area (Å²) in [5.74, 6) is 1.67. The Kier molecular flexibility index (Phi) is 3.35. The van der Waals surface area contributed by atoms with Crippen LogP contribution in [0.2, 0.25) is 0 Å². The zero-order chi connectivity index (χ0) is 12.4. The number of ether oxygens (including phenoxy) is 1. The minimum absolute atomic E-state index is 0.264. The van der Waals surface area contributed by atoms with E-state index in [1.165, 1.54) is 12.8 Å². The summed E-state index contributed by atoms with van der Waals surface area (Å²) in [6, 6.07) is 0. The van der Waals surface area contributed by atoms with E-state index in [4.69, 9.17) is 15.0 Å². The lowest BCUT2D eigenvalue weighted by Gasteiger charge is -2.23. The molecule has 0 spiro atoms. The van der Waals surface area contributed by atoms with E-state index in [-0.39, 0.29) is 11.5 Å². The zero-order valence-electron chi connectivity index (χ0n) is 10.7. The molecule has 0 bridgehead atoms. The van der Waals surface area contributed by atoms with E-state index in [0.717, 1.165) is 38.7 Å². The highest BCUT2D eigenvalue weighted by atomic mass is 16.5. The molecule has 1 aliphatic carbocycles. The van der Waals surface area contributed by atoms with Crippen LogP contribution >= 0.6 is 0 Å². The number of hydrogen-bond donors (Lipinski definition) is 1. The maximum absolute atomic E-state index is 6.48. The molecular formula is C13H21N3O2. The Morgan fingerprint density at radius 3 is 2.61 bits per heavy atom. The van der Waals surface area contributed by atoms with Crippen molar-refractivity contribution in [1.82, 2.24) is 10.1 Å². The van der Waals surface area contributed by atoms with Crippen LogP contribution in [0.1, 0.15) is 62.6 Å². The lowest BCUT2D eigenvalue weighted by atomic mass is 9.91. The molecule has 2 aliphatic rings. The van der Waals surface area contributed by atoms with E-state index in [1.54, 1.807) is 0 Å². The van der Waals surface area contributed by atoms with Gasteiger partial charge in [0.1, 0.15) is 0 Å². The second-order valence-electron chi connectivity index (χ2n) is 5.59. The molecule has 0 amide bonds. The van der Waals surface area contributed by atoms with Crippen molar-refractivity contribution in [2.75, 3.05) is 13.2 Å². The standard InChI is InChI=1S/C13H21N3O2/c14-13(6-3-1-2-4-7-13)12-15-11(18-16-12)10-5-8-17-9-10/h10H,1-9,14H2/t10-/m1/s1. The second kappa shape index (κ2) is 4.97. The zero-order valence-corrected chi connectivity index (χ0v) is 10.7. The Labute approximate surface area is 107 Å². The fourth-order valence-electron chi connectivity index (χ4n) is 2.92. The molecule has 2 N–H and O–H groups in total. The molecule has 18 heavy (non-hydrogen) atoms. The van der Waals surface area contributed by atoms with Gasteiger partial charge >= 0.3 is 0 Å². The summed E-state index contributed by atoms with van der Waals surface area (Å²) in [6.45, 7) is 1.48. The molecule has 0 aromatic carbocycles. The first-order valence-corrected chi connectivity index (χ1v) is 6.99. The van der Waals surface area contributed by atoms with Crippen LogP contribution in [0.3, 0.4) is 0 Å². The van der Waals surface area contributed by atoms with Crippen LogP contribution in [-0.2, 0) is 10.3 Å². The van der Waals surface area contributed by atoms with Gasteiger partial charge in [-0.1, -0.05) is 30.8 Å². The van der Waals surface area contributed by atoms with Gasteiger partial charge in [0.2, 0.25) is 5.89 Å². The molecule has 2 heterocycles. The van der Waals surface area contributed by atoms with Gasteiger partial charge < -0.3 is 15.0 Å². The van der Waals surface area contributed by atoms with Gasteiger partial charge in [0.05, 0.1) is 18.1 Å². The maximum atomic E-state index is 6.48. The lowest BCUT2D eigenvalue weighted by molar-refractivity contribution is 0.189. The highest BCUT2D eigenvalue weighted by molar-refractivity contribution is 5.07. The summed E-state index contributed by atoms with van der Waals surface area (Å²) in [7, 11) is 0. The molecule has 1 aromatic heterocycles. The van der Waals surface area contributed by atoms with Crippen LogP contribution in [0.5, 0.6) is 0 Å². The first kappa shape index (κ1) is 12.1. The van der Waals surface area contributed by atoms with Crippen LogP contribution in [0.15, 0.2) is 4.52 Å². The van der Waals surface area contributed by atoms with Crippen LogP contribution in [-0.4, -0.2) is 23.4 Å². The van der Waals surface area contributed by atoms with Crippen LogP contribution in [0, 0.1) is 0 Å². The Morgan fingerprint density at radius 2 is 1.94 bits per heavy atom. The molecule has 1 atom stereocenters. The fourth-order valence-corrected chi connectivity index (χ4v) is 2.92. The number of nitrogens with zero attached hydrogens (tertiary/aromatic N) is 2. The second-order valence-corrected chi connectivity index (χ2v) is 5.59. The largest absolute Gasteiger partial charge is 0.381 e. The Hall–Kier alpha value is -0.940. The minimum atomic E-state index is -0.377. The van der Waals surface area contributed by atoms with Gasteiger partial charge in [-0.2, -0.15) is 4.98 Å². The number of aromatic nitrogens is 2. The van der Waals surface area contributed by atoms with Crippen LogP contribution in [0.25, 0.3) is 0 Å². The van der Waals surface area contributed by atoms with Crippen molar-refractivity contribution < 1.29 is 9.26 Å². The summed E-state index contributed by atoms with van der Waals surface area (Å²) in [4.78, 5) is 4.55. The molecule has 1 saturated carbocycles. The van der Waals surface area contributed by atoms with E-state index >= 15 is 0 Å². The van der Waals surface area contributed by atoms with E-state index in [1.807, 2.05) is 0 Å². The maximum Gasteiger partial charge on any atom is 0.232 e. The average Bonchev–Trinajstić information content (AvgIpc) is 3.00. The topological polar surface area (TPSA) is 74.2 Å². The third-order valence-electron chi connectivity index (χ3n) is 4.16. The molecule has 3 rings (SSSR count). The third-order valence-corrected chi connectivity index (χ3v) is 4.16. The van der Waals surface area contributed by atoms with Gasteiger partial charge in [-0.3, -0.25) is 0 Å². The van der Waals surface area contributed by atoms with E-state index < -0.39 is 0 Å². The van der Waals surface area contributed by atoms with E-state index in [2.05, 4.69) is 10.1 Å². The average molecular weight is 251 g/mol. The van der Waals surface area contributed by atoms with Gasteiger partial charge in [-0.25, -0.2) is 0 Å². The number of nitrogens with two attached hydrogens (primary N) is 1. The minimum Gasteiger partial charge on any atom is -0.381 e. The first-order chi connectivity index (χ1) is 8.78. The van der Waals surface area contributed by atoms with E-state index in [0.29, 0.717) is 18.3 Å². The normalized spacial score (nSPS) is 28.2. The highest BCUT2D eigenvalue weighted by Gasteiger charge is 2.34. The van der Waals surface area contributed by atoms with Gasteiger partial charge in [-0.05, 0) is 19.3 Å². The van der Waals surface area contributed by atoms with Crippen LogP contribution in [0.4, 0.5) is 0 Å². The van der Waals surface area contributed by atoms with Gasteiger partial charge in [0.15, 0.2) is 5.82 Å². The van der Waals surface area contributed by atoms with Crippen LogP contribution < -0.4 is 5.73 Å². The molecule has 0 unspecified atom stereocenters. The summed E-state index contributed by atoms with van der Waals surface area (Å²) < 4.78 is 10.7. The van der Waals surface area contributed by atoms with Gasteiger partial charge in [-0.15, -0.1) is 0 Å². The van der Waals surface area contributed by atoms with E-state index in [9.17, 15) is 0 Å². The van der Waals surface area contributed by atoms with Crippen molar-refractivity contribution >= 4 is 0 Å². The molecule has 0 radical (unpaired) electrons. The van der Waals surface area contributed by atoms with Crippen molar-refractivity contribution in [2.45, 2.75) is 56.4 Å². The fraction of sp³-hybridized carbons (Fsp3) is 0.846. The first-order valence-electron chi connectivity index (χ1n) is 6.99. The summed E-state index contributed by atoms with van der Waals surface area (Å²) >= 11 is 0. The Bertz CT molecular complexity index is 391. The number of rotatable bonds is 2. The van der Waals surface area contributed by atoms with Crippen molar-refractivity contribution in [1.29, 1.82) is 0 Å². The van der Waals surface area contributed by atoms with Gasteiger partial charge in [0, 0.05) is 6.61 Å². The number of hydrogen-bond acceptors (Lipinski definition) is 5. The predicted octanol–water partition coefficient (Wildman–Crippen LogP) is 2.08. The van der Waals surface area contributed by atoms with Crippen molar-refractivity contribution in [2.24, 2.45) is 5.73 Å². The summed E-state index contributed by atoms with van der Waals surface area (Å²) in [5.41, 5.74) is 6.10. The molecule has 1 aliphatic heterocycles. The monoisotopic (exact) mass is 251 g/mol. The molecule has 1 saturated heterocycles. The predicted molar refractivity (Wildman–Crippen MR) is 66.0 cm³/mol. The molecule has 5 nitrogen and oxygen atoms in total. The summed E-state index contributed by atoms with van der Waals surface area (Å²) in [5, 5.41) is 4.13. The van der Waals surface area contributed by atoms with Gasteiger partial charge in [0.25, 0.3) is 0 Å². The highest BCUT2D eigenvalue weighted by Crippen LogP contribution is 2.33. The van der Waals surface area contributed by atoms with Crippen molar-refractivity contribution in [3.63, 3.8) is 0 Å². The lowest BCUT2D eigenvalue weighted by Crippen LogP contribution is -2.37. The third kappa shape index (κ3) is 2.29. The molecule has 2 fully saturated rings. The quantitative estimate of drug-likeness (QED) is 0.814. The smallest absolute Gasteiger partial charge is 0.232 e. The SMILES string of the molecule is NC1(c2noc([C@@H]3CCOC3)n2)CCCCCC1. The summed E-state index contributed by atoms with van der Waals surface area (Å²) in [6.07, 6.45) is 7.75. The molecule has 1 aromatic rings. The molecule has 100 valence electrons. The molecular weight excluding hydrogens is 230 g/mol. The van der Waals surface area contributed by atoms with Crippen molar-refractivity contribution in [3.05, 3.63) is 11.7 Å². The molecule has 5 heteroatoms. The Morgan fingerprint density at radius 1 is 1.17 bits per heavy atom. The Balaban J connectivity index is 1.78. The van der Waals surface area contributed by atoms with Crippen molar-refractivity contribution in [3.8, 4) is 0 Å².